The number of benzene rings is 1. The first kappa shape index (κ1) is 15.9. The maximum absolute atomic E-state index is 12.6. The number of halogens is 1. The predicted octanol–water partition coefficient (Wildman–Crippen LogP) is 2.34. The minimum absolute atomic E-state index is 0.169. The van der Waals surface area contributed by atoms with Crippen LogP contribution in [0.5, 0.6) is 11.5 Å². The summed E-state index contributed by atoms with van der Waals surface area (Å²) in [6, 6.07) is 3.17. The fraction of sp³-hybridized carbons (Fsp3) is 0.533. The molecule has 1 fully saturated rings. The zero-order valence-electron chi connectivity index (χ0n) is 12.5. The van der Waals surface area contributed by atoms with Crippen LogP contribution >= 0.6 is 11.6 Å². The van der Waals surface area contributed by atoms with Crippen molar-refractivity contribution in [1.29, 1.82) is 0 Å². The fourth-order valence-corrected chi connectivity index (χ4v) is 2.91. The van der Waals surface area contributed by atoms with E-state index in [1.165, 1.54) is 14.2 Å². The molecule has 1 aliphatic heterocycles. The fourth-order valence-electron chi connectivity index (χ4n) is 2.62. The number of hydrogen-bond acceptors (Lipinski definition) is 4. The van der Waals surface area contributed by atoms with E-state index in [-0.39, 0.29) is 5.91 Å². The molecule has 1 aromatic rings. The number of β-amino-alcohol motifs (C(OH)–C–C–N with tert-alkyl or cyclic N) is 1. The van der Waals surface area contributed by atoms with Gasteiger partial charge in [-0.2, -0.15) is 0 Å². The standard InChI is InChI=1S/C15H20ClNO4/c1-15(19)5-4-6-17(9-15)14(18)10-7-11(16)13(21-3)12(8-10)20-2/h7-8,19H,4-6,9H2,1-3H3. The number of piperidine rings is 1. The lowest BCUT2D eigenvalue weighted by Crippen LogP contribution is -2.48. The van der Waals surface area contributed by atoms with Crippen molar-refractivity contribution in [3.63, 3.8) is 0 Å². The molecule has 2 rings (SSSR count). The molecule has 0 aliphatic carbocycles. The number of amides is 1. The van der Waals surface area contributed by atoms with E-state index in [0.29, 0.717) is 41.6 Å². The third-order valence-corrected chi connectivity index (χ3v) is 3.92. The number of nitrogens with zero attached hydrogens (tertiary/aromatic N) is 1. The molecule has 1 N–H and O–H groups in total. The third-order valence-electron chi connectivity index (χ3n) is 3.64. The Hall–Kier alpha value is -1.46. The van der Waals surface area contributed by atoms with Gasteiger partial charge in [0.2, 0.25) is 0 Å². The van der Waals surface area contributed by atoms with Gasteiger partial charge in [0.15, 0.2) is 11.5 Å². The number of likely N-dealkylation sites (tertiary alicyclic amines) is 1. The summed E-state index contributed by atoms with van der Waals surface area (Å²) in [5.41, 5.74) is -0.413. The van der Waals surface area contributed by atoms with E-state index in [9.17, 15) is 9.90 Å². The summed E-state index contributed by atoms with van der Waals surface area (Å²) in [4.78, 5) is 14.2. The maximum Gasteiger partial charge on any atom is 0.254 e. The molecule has 1 aromatic carbocycles. The number of carbonyl (C=O) groups excluding carboxylic acids is 1. The van der Waals surface area contributed by atoms with E-state index in [1.807, 2.05) is 0 Å². The summed E-state index contributed by atoms with van der Waals surface area (Å²) >= 11 is 6.13. The molecule has 1 amide bonds. The molecule has 1 atom stereocenters. The smallest absolute Gasteiger partial charge is 0.254 e. The van der Waals surface area contributed by atoms with Gasteiger partial charge in [-0.15, -0.1) is 0 Å². The van der Waals surface area contributed by atoms with Crippen molar-refractivity contribution in [1.82, 2.24) is 4.90 Å². The molecule has 0 aromatic heterocycles. The number of carbonyl (C=O) groups is 1. The van der Waals surface area contributed by atoms with Crippen LogP contribution < -0.4 is 9.47 Å². The van der Waals surface area contributed by atoms with Crippen LogP contribution in [0.2, 0.25) is 5.02 Å². The molecule has 0 saturated carbocycles. The average molecular weight is 314 g/mol. The zero-order chi connectivity index (χ0) is 15.6. The van der Waals surface area contributed by atoms with E-state index in [0.717, 1.165) is 6.42 Å². The van der Waals surface area contributed by atoms with Crippen LogP contribution in [0.4, 0.5) is 0 Å². The van der Waals surface area contributed by atoms with Crippen molar-refractivity contribution in [3.05, 3.63) is 22.7 Å². The summed E-state index contributed by atoms with van der Waals surface area (Å²) in [6.07, 6.45) is 1.48. The van der Waals surface area contributed by atoms with Crippen molar-refractivity contribution in [2.45, 2.75) is 25.4 Å². The van der Waals surface area contributed by atoms with Crippen molar-refractivity contribution in [3.8, 4) is 11.5 Å². The van der Waals surface area contributed by atoms with Gasteiger partial charge in [-0.1, -0.05) is 11.6 Å². The number of hydrogen-bond donors (Lipinski definition) is 1. The Bertz CT molecular complexity index is 545. The van der Waals surface area contributed by atoms with Gasteiger partial charge in [0.25, 0.3) is 5.91 Å². The molecule has 0 spiro atoms. The van der Waals surface area contributed by atoms with Crippen molar-refractivity contribution in [2.75, 3.05) is 27.3 Å². The van der Waals surface area contributed by atoms with Gasteiger partial charge >= 0.3 is 0 Å². The van der Waals surface area contributed by atoms with Gasteiger partial charge in [-0.05, 0) is 31.9 Å². The molecule has 21 heavy (non-hydrogen) atoms. The van der Waals surface area contributed by atoms with E-state index in [2.05, 4.69) is 0 Å². The normalized spacial score (nSPS) is 22.0. The third kappa shape index (κ3) is 3.41. The van der Waals surface area contributed by atoms with E-state index >= 15 is 0 Å². The second-order valence-corrected chi connectivity index (χ2v) is 5.93. The highest BCUT2D eigenvalue weighted by atomic mass is 35.5. The summed E-state index contributed by atoms with van der Waals surface area (Å²) in [6.45, 7) is 2.69. The Morgan fingerprint density at radius 3 is 2.67 bits per heavy atom. The molecule has 1 unspecified atom stereocenters. The Balaban J connectivity index is 2.29. The van der Waals surface area contributed by atoms with Gasteiger partial charge in [0.1, 0.15) is 0 Å². The molecular weight excluding hydrogens is 294 g/mol. The number of ether oxygens (including phenoxy) is 2. The van der Waals surface area contributed by atoms with Crippen LogP contribution in [-0.2, 0) is 0 Å². The van der Waals surface area contributed by atoms with Crippen LogP contribution in [0.25, 0.3) is 0 Å². The molecular formula is C15H20ClNO4. The highest BCUT2D eigenvalue weighted by Crippen LogP contribution is 2.36. The van der Waals surface area contributed by atoms with Crippen LogP contribution in [0.15, 0.2) is 12.1 Å². The van der Waals surface area contributed by atoms with Gasteiger partial charge < -0.3 is 19.5 Å². The zero-order valence-corrected chi connectivity index (χ0v) is 13.2. The number of aliphatic hydroxyl groups is 1. The predicted molar refractivity (Wildman–Crippen MR) is 80.3 cm³/mol. The Kier molecular flexibility index (Phi) is 4.64. The molecule has 1 saturated heterocycles. The molecule has 116 valence electrons. The first-order chi connectivity index (χ1) is 9.88. The van der Waals surface area contributed by atoms with Crippen molar-refractivity contribution in [2.24, 2.45) is 0 Å². The van der Waals surface area contributed by atoms with Crippen LogP contribution in [0.1, 0.15) is 30.1 Å². The van der Waals surface area contributed by atoms with Crippen molar-refractivity contribution < 1.29 is 19.4 Å². The van der Waals surface area contributed by atoms with E-state index in [1.54, 1.807) is 24.0 Å². The Morgan fingerprint density at radius 1 is 1.38 bits per heavy atom. The quantitative estimate of drug-likeness (QED) is 0.930. The summed E-state index contributed by atoms with van der Waals surface area (Å²) < 4.78 is 10.4. The minimum atomic E-state index is -0.839. The maximum atomic E-state index is 12.6. The van der Waals surface area contributed by atoms with Crippen LogP contribution in [0.3, 0.4) is 0 Å². The lowest BCUT2D eigenvalue weighted by Gasteiger charge is -2.36. The second-order valence-electron chi connectivity index (χ2n) is 5.52. The van der Waals surface area contributed by atoms with Gasteiger partial charge in [0, 0.05) is 18.7 Å². The topological polar surface area (TPSA) is 59.0 Å². The summed E-state index contributed by atoms with van der Waals surface area (Å²) in [5.74, 6) is 0.649. The van der Waals surface area contributed by atoms with E-state index in [4.69, 9.17) is 21.1 Å². The highest BCUT2D eigenvalue weighted by Gasteiger charge is 2.31. The van der Waals surface area contributed by atoms with Gasteiger partial charge in [-0.25, -0.2) is 0 Å². The summed E-state index contributed by atoms with van der Waals surface area (Å²) in [7, 11) is 2.99. The molecule has 0 radical (unpaired) electrons. The second kappa shape index (κ2) is 6.12. The Labute approximate surface area is 129 Å². The monoisotopic (exact) mass is 313 g/mol. The molecule has 5 nitrogen and oxygen atoms in total. The molecule has 6 heteroatoms. The van der Waals surface area contributed by atoms with Crippen LogP contribution in [-0.4, -0.2) is 48.8 Å². The van der Waals surface area contributed by atoms with Crippen molar-refractivity contribution >= 4 is 17.5 Å². The number of methoxy groups -OCH3 is 2. The molecule has 1 heterocycles. The van der Waals surface area contributed by atoms with E-state index < -0.39 is 5.60 Å². The van der Waals surface area contributed by atoms with Crippen LogP contribution in [0, 0.1) is 0 Å². The first-order valence-corrected chi connectivity index (χ1v) is 7.19. The molecule has 0 bridgehead atoms. The average Bonchev–Trinajstić information content (AvgIpc) is 2.44. The lowest BCUT2D eigenvalue weighted by molar-refractivity contribution is -0.0107. The van der Waals surface area contributed by atoms with Gasteiger partial charge in [-0.3, -0.25) is 4.79 Å². The number of rotatable bonds is 3. The highest BCUT2D eigenvalue weighted by molar-refractivity contribution is 6.32. The minimum Gasteiger partial charge on any atom is -0.493 e. The SMILES string of the molecule is COc1cc(C(=O)N2CCCC(C)(O)C2)cc(Cl)c1OC. The lowest BCUT2D eigenvalue weighted by atomic mass is 9.94. The Morgan fingerprint density at radius 2 is 2.10 bits per heavy atom. The largest absolute Gasteiger partial charge is 0.493 e. The first-order valence-electron chi connectivity index (χ1n) is 6.81. The molecule has 1 aliphatic rings. The summed E-state index contributed by atoms with van der Waals surface area (Å²) in [5, 5.41) is 10.4. The van der Waals surface area contributed by atoms with Gasteiger partial charge in [0.05, 0.1) is 24.8 Å².